The summed E-state index contributed by atoms with van der Waals surface area (Å²) in [4.78, 5) is 16.8. The first kappa shape index (κ1) is 21.1. The van der Waals surface area contributed by atoms with Gasteiger partial charge in [-0.15, -0.1) is 5.10 Å². The van der Waals surface area contributed by atoms with Crippen molar-refractivity contribution in [1.29, 1.82) is 0 Å². The van der Waals surface area contributed by atoms with E-state index in [-0.39, 0.29) is 22.4 Å². The van der Waals surface area contributed by atoms with Crippen LogP contribution in [0.2, 0.25) is 0 Å². The van der Waals surface area contributed by atoms with E-state index in [0.29, 0.717) is 30.6 Å². The van der Waals surface area contributed by atoms with Gasteiger partial charge in [0.2, 0.25) is 10.0 Å². The summed E-state index contributed by atoms with van der Waals surface area (Å²) in [5.74, 6) is 0.325. The Balaban J connectivity index is 1.45. The predicted molar refractivity (Wildman–Crippen MR) is 114 cm³/mol. The summed E-state index contributed by atoms with van der Waals surface area (Å²) in [6, 6.07) is 11.0. The van der Waals surface area contributed by atoms with E-state index in [1.807, 2.05) is 0 Å². The lowest BCUT2D eigenvalue weighted by Crippen LogP contribution is -2.42. The van der Waals surface area contributed by atoms with Crippen molar-refractivity contribution in [2.24, 2.45) is 11.8 Å². The number of hydrogen-bond acceptors (Lipinski definition) is 7. The molecule has 3 aromatic rings. The Morgan fingerprint density at radius 1 is 1.06 bits per heavy atom. The number of piperidine rings is 1. The molecular formula is C21H23N5O4S. The Morgan fingerprint density at radius 3 is 2.42 bits per heavy atom. The number of nitrogens with one attached hydrogen (secondary N) is 1. The average Bonchev–Trinajstić information content (AvgIpc) is 3.22. The number of rotatable bonds is 5. The Morgan fingerprint density at radius 2 is 1.77 bits per heavy atom. The first-order valence-electron chi connectivity index (χ1n) is 9.99. The van der Waals surface area contributed by atoms with E-state index in [2.05, 4.69) is 34.3 Å². The zero-order chi connectivity index (χ0) is 22.0. The first-order chi connectivity index (χ1) is 14.8. The van der Waals surface area contributed by atoms with E-state index < -0.39 is 15.9 Å². The molecule has 0 radical (unpaired) electrons. The normalized spacial score (nSPS) is 19.8. The van der Waals surface area contributed by atoms with Crippen LogP contribution in [0.4, 0.5) is 6.01 Å². The lowest BCUT2D eigenvalue weighted by molar-refractivity contribution is 0.102. The number of hydrogen-bond donors (Lipinski definition) is 1. The van der Waals surface area contributed by atoms with Gasteiger partial charge in [0.1, 0.15) is 5.69 Å². The van der Waals surface area contributed by atoms with E-state index in [4.69, 9.17) is 4.42 Å². The third kappa shape index (κ3) is 4.64. The molecular weight excluding hydrogens is 418 g/mol. The SMILES string of the molecule is CC1CC(C)CN(S(=O)(=O)c2ccc(C(=O)Nc3nnc(-c4ccccn4)o3)cc2)C1. The molecule has 31 heavy (non-hydrogen) atoms. The standard InChI is InChI=1S/C21H23N5O4S/c1-14-11-15(2)13-26(12-14)31(28,29)17-8-6-16(7-9-17)19(27)23-21-25-24-20(30-21)18-5-3-4-10-22-18/h3-10,14-15H,11-13H2,1-2H3,(H,23,25,27). The number of carbonyl (C=O) groups is 1. The Labute approximate surface area is 180 Å². The molecule has 162 valence electrons. The third-order valence-corrected chi connectivity index (χ3v) is 6.96. The Kier molecular flexibility index (Phi) is 5.84. The van der Waals surface area contributed by atoms with Crippen molar-refractivity contribution in [3.63, 3.8) is 0 Å². The van der Waals surface area contributed by atoms with E-state index in [1.54, 1.807) is 24.4 Å². The van der Waals surface area contributed by atoms with Gasteiger partial charge in [-0.3, -0.25) is 15.1 Å². The topological polar surface area (TPSA) is 118 Å². The second-order valence-corrected chi connectivity index (χ2v) is 9.81. The van der Waals surface area contributed by atoms with Crippen LogP contribution in [0.1, 0.15) is 30.6 Å². The summed E-state index contributed by atoms with van der Waals surface area (Å²) >= 11 is 0. The smallest absolute Gasteiger partial charge is 0.322 e. The van der Waals surface area contributed by atoms with E-state index >= 15 is 0 Å². The van der Waals surface area contributed by atoms with Crippen LogP contribution in [-0.2, 0) is 10.0 Å². The average molecular weight is 442 g/mol. The molecule has 1 aliphatic heterocycles. The molecule has 0 aliphatic carbocycles. The summed E-state index contributed by atoms with van der Waals surface area (Å²) in [6.07, 6.45) is 2.61. The van der Waals surface area contributed by atoms with Gasteiger partial charge in [0.25, 0.3) is 11.8 Å². The highest BCUT2D eigenvalue weighted by Gasteiger charge is 2.31. The molecule has 2 unspecified atom stereocenters. The quantitative estimate of drug-likeness (QED) is 0.646. The number of anilines is 1. The molecule has 3 heterocycles. The van der Waals surface area contributed by atoms with Crippen LogP contribution in [0.25, 0.3) is 11.6 Å². The lowest BCUT2D eigenvalue weighted by atomic mass is 9.94. The van der Waals surface area contributed by atoms with Crippen molar-refractivity contribution in [2.75, 3.05) is 18.4 Å². The van der Waals surface area contributed by atoms with Crippen molar-refractivity contribution >= 4 is 21.9 Å². The second-order valence-electron chi connectivity index (χ2n) is 7.87. The fourth-order valence-electron chi connectivity index (χ4n) is 3.77. The third-order valence-electron chi connectivity index (χ3n) is 5.12. The number of aromatic nitrogens is 3. The zero-order valence-electron chi connectivity index (χ0n) is 17.2. The molecule has 2 atom stereocenters. The zero-order valence-corrected chi connectivity index (χ0v) is 18.0. The maximum absolute atomic E-state index is 13.0. The molecule has 1 saturated heterocycles. The summed E-state index contributed by atoms with van der Waals surface area (Å²) in [5, 5.41) is 10.2. The second kappa shape index (κ2) is 8.56. The van der Waals surface area contributed by atoms with E-state index in [9.17, 15) is 13.2 Å². The Bertz CT molecular complexity index is 1150. The van der Waals surface area contributed by atoms with Crippen LogP contribution in [0.5, 0.6) is 0 Å². The molecule has 1 fully saturated rings. The summed E-state index contributed by atoms with van der Waals surface area (Å²) < 4.78 is 32.9. The molecule has 0 saturated carbocycles. The maximum atomic E-state index is 13.0. The monoisotopic (exact) mass is 441 g/mol. The summed E-state index contributed by atoms with van der Waals surface area (Å²) in [6.45, 7) is 5.13. The van der Waals surface area contributed by atoms with Gasteiger partial charge in [-0.2, -0.15) is 4.31 Å². The number of pyridine rings is 1. The highest BCUT2D eigenvalue weighted by Crippen LogP contribution is 2.27. The van der Waals surface area contributed by atoms with Gasteiger partial charge in [-0.05, 0) is 54.7 Å². The molecule has 1 amide bonds. The predicted octanol–water partition coefficient (Wildman–Crippen LogP) is 3.05. The van der Waals surface area contributed by atoms with Gasteiger partial charge < -0.3 is 4.42 Å². The number of amides is 1. The van der Waals surface area contributed by atoms with E-state index in [0.717, 1.165) is 6.42 Å². The van der Waals surface area contributed by atoms with E-state index in [1.165, 1.54) is 28.6 Å². The number of carbonyl (C=O) groups excluding carboxylic acids is 1. The van der Waals surface area contributed by atoms with Crippen LogP contribution >= 0.6 is 0 Å². The minimum atomic E-state index is -3.60. The molecule has 0 bridgehead atoms. The van der Waals surface area contributed by atoms with Gasteiger partial charge in [-0.1, -0.05) is 25.0 Å². The van der Waals surface area contributed by atoms with Gasteiger partial charge in [0.05, 0.1) is 4.90 Å². The van der Waals surface area contributed by atoms with Crippen molar-refractivity contribution in [3.05, 3.63) is 54.2 Å². The Hall–Kier alpha value is -3.11. The van der Waals surface area contributed by atoms with Crippen LogP contribution in [0.15, 0.2) is 58.0 Å². The highest BCUT2D eigenvalue weighted by atomic mass is 32.2. The van der Waals surface area contributed by atoms with Crippen molar-refractivity contribution < 1.29 is 17.6 Å². The summed E-state index contributed by atoms with van der Waals surface area (Å²) in [5.41, 5.74) is 0.767. The number of benzene rings is 1. The number of sulfonamides is 1. The molecule has 1 N–H and O–H groups in total. The highest BCUT2D eigenvalue weighted by molar-refractivity contribution is 7.89. The molecule has 9 nitrogen and oxygen atoms in total. The van der Waals surface area contributed by atoms with Crippen LogP contribution in [0.3, 0.4) is 0 Å². The van der Waals surface area contributed by atoms with Crippen molar-refractivity contribution in [3.8, 4) is 11.6 Å². The van der Waals surface area contributed by atoms with Crippen molar-refractivity contribution in [1.82, 2.24) is 19.5 Å². The van der Waals surface area contributed by atoms with Gasteiger partial charge in [0, 0.05) is 24.8 Å². The minimum absolute atomic E-state index is 0.0707. The van der Waals surface area contributed by atoms with Crippen molar-refractivity contribution in [2.45, 2.75) is 25.2 Å². The van der Waals surface area contributed by atoms with Gasteiger partial charge >= 0.3 is 6.01 Å². The lowest BCUT2D eigenvalue weighted by Gasteiger charge is -2.34. The molecule has 1 aliphatic rings. The van der Waals surface area contributed by atoms with Crippen LogP contribution in [-0.4, -0.2) is 46.9 Å². The summed E-state index contributed by atoms with van der Waals surface area (Å²) in [7, 11) is -3.60. The van der Waals surface area contributed by atoms with Gasteiger partial charge in [-0.25, -0.2) is 8.42 Å². The first-order valence-corrected chi connectivity index (χ1v) is 11.4. The number of nitrogens with zero attached hydrogens (tertiary/aromatic N) is 4. The largest absolute Gasteiger partial charge is 0.401 e. The minimum Gasteiger partial charge on any atom is -0.401 e. The van der Waals surface area contributed by atoms with Crippen LogP contribution in [0, 0.1) is 11.8 Å². The fourth-order valence-corrected chi connectivity index (χ4v) is 5.44. The molecule has 10 heteroatoms. The molecule has 1 aromatic carbocycles. The van der Waals surface area contributed by atoms with Crippen LogP contribution < -0.4 is 5.32 Å². The molecule has 0 spiro atoms. The fraction of sp³-hybridized carbons (Fsp3) is 0.333. The molecule has 2 aromatic heterocycles. The molecule has 4 rings (SSSR count). The van der Waals surface area contributed by atoms with Gasteiger partial charge in [0.15, 0.2) is 0 Å². The maximum Gasteiger partial charge on any atom is 0.322 e.